The Bertz CT molecular complexity index is 773. The van der Waals surface area contributed by atoms with Gasteiger partial charge in [0.25, 0.3) is 0 Å². The molecule has 2 aromatic rings. The summed E-state index contributed by atoms with van der Waals surface area (Å²) in [6.45, 7) is 4.07. The molecular weight excluding hydrogens is 324 g/mol. The van der Waals surface area contributed by atoms with Gasteiger partial charge in [-0.15, -0.1) is 0 Å². The first kappa shape index (κ1) is 18.4. The smallest absolute Gasteiger partial charge is 0.240 e. The number of benzene rings is 2. The van der Waals surface area contributed by atoms with Crippen molar-refractivity contribution < 1.29 is 13.5 Å². The van der Waals surface area contributed by atoms with Crippen molar-refractivity contribution in [2.24, 2.45) is 0 Å². The lowest BCUT2D eigenvalue weighted by Gasteiger charge is -2.24. The monoisotopic (exact) mass is 348 g/mol. The largest absolute Gasteiger partial charge is 0.508 e. The molecule has 130 valence electrons. The SMILES string of the molecule is CCC(NC(C)c1ccc(S(=O)(=O)NC)cc1)c1ccccc1O. The Labute approximate surface area is 143 Å². The molecule has 0 aliphatic carbocycles. The summed E-state index contributed by atoms with van der Waals surface area (Å²) >= 11 is 0. The van der Waals surface area contributed by atoms with Gasteiger partial charge in [0.05, 0.1) is 4.90 Å². The van der Waals surface area contributed by atoms with Crippen molar-refractivity contribution in [2.75, 3.05) is 7.05 Å². The third-order valence-corrected chi connectivity index (χ3v) is 5.56. The zero-order chi connectivity index (χ0) is 17.7. The summed E-state index contributed by atoms with van der Waals surface area (Å²) in [5.41, 5.74) is 1.85. The standard InChI is InChI=1S/C18H24N2O3S/c1-4-17(16-7-5-6-8-18(16)21)20-13(2)14-9-11-15(12-10-14)24(22,23)19-3/h5-13,17,19-21H,4H2,1-3H3. The summed E-state index contributed by atoms with van der Waals surface area (Å²) < 4.78 is 25.9. The number of sulfonamides is 1. The fraction of sp³-hybridized carbons (Fsp3) is 0.333. The van der Waals surface area contributed by atoms with Gasteiger partial charge in [-0.25, -0.2) is 13.1 Å². The highest BCUT2D eigenvalue weighted by Gasteiger charge is 2.17. The second kappa shape index (κ2) is 7.79. The minimum absolute atomic E-state index is 0.0147. The van der Waals surface area contributed by atoms with Gasteiger partial charge in [0.15, 0.2) is 0 Å². The lowest BCUT2D eigenvalue weighted by Crippen LogP contribution is -2.24. The maximum absolute atomic E-state index is 11.8. The van der Waals surface area contributed by atoms with Crippen molar-refractivity contribution in [1.29, 1.82) is 0 Å². The molecule has 0 aromatic heterocycles. The molecule has 0 saturated carbocycles. The van der Waals surface area contributed by atoms with Crippen LogP contribution in [0.3, 0.4) is 0 Å². The van der Waals surface area contributed by atoms with Gasteiger partial charge >= 0.3 is 0 Å². The quantitative estimate of drug-likeness (QED) is 0.718. The van der Waals surface area contributed by atoms with E-state index in [-0.39, 0.29) is 22.7 Å². The van der Waals surface area contributed by atoms with Crippen LogP contribution in [0.4, 0.5) is 0 Å². The van der Waals surface area contributed by atoms with Gasteiger partial charge in [-0.05, 0) is 44.2 Å². The van der Waals surface area contributed by atoms with Crippen LogP contribution in [0.1, 0.15) is 43.5 Å². The minimum Gasteiger partial charge on any atom is -0.508 e. The molecule has 0 bridgehead atoms. The maximum atomic E-state index is 11.8. The second-order valence-corrected chi connectivity index (χ2v) is 7.57. The van der Waals surface area contributed by atoms with Gasteiger partial charge in [-0.1, -0.05) is 37.3 Å². The molecule has 0 radical (unpaired) electrons. The molecule has 0 saturated heterocycles. The fourth-order valence-electron chi connectivity index (χ4n) is 2.66. The summed E-state index contributed by atoms with van der Waals surface area (Å²) in [7, 11) is -2.03. The van der Waals surface area contributed by atoms with Gasteiger partial charge < -0.3 is 10.4 Å². The third-order valence-electron chi connectivity index (χ3n) is 4.13. The number of para-hydroxylation sites is 1. The Hall–Kier alpha value is -1.89. The number of hydrogen-bond acceptors (Lipinski definition) is 4. The molecule has 0 spiro atoms. The highest BCUT2D eigenvalue weighted by Crippen LogP contribution is 2.28. The van der Waals surface area contributed by atoms with E-state index in [4.69, 9.17) is 0 Å². The Balaban J connectivity index is 2.17. The van der Waals surface area contributed by atoms with Crippen molar-refractivity contribution in [3.8, 4) is 5.75 Å². The minimum atomic E-state index is -3.42. The molecule has 2 rings (SSSR count). The van der Waals surface area contributed by atoms with Crippen LogP contribution < -0.4 is 10.0 Å². The van der Waals surface area contributed by atoms with Crippen LogP contribution in [0.2, 0.25) is 0 Å². The summed E-state index contributed by atoms with van der Waals surface area (Å²) in [6.07, 6.45) is 0.828. The van der Waals surface area contributed by atoms with Crippen molar-refractivity contribution in [3.63, 3.8) is 0 Å². The summed E-state index contributed by atoms with van der Waals surface area (Å²) in [6, 6.07) is 14.1. The highest BCUT2D eigenvalue weighted by atomic mass is 32.2. The van der Waals surface area contributed by atoms with E-state index in [2.05, 4.69) is 17.0 Å². The van der Waals surface area contributed by atoms with Crippen molar-refractivity contribution >= 4 is 10.0 Å². The van der Waals surface area contributed by atoms with Crippen LogP contribution in [0.15, 0.2) is 53.4 Å². The molecule has 24 heavy (non-hydrogen) atoms. The normalized spacial score (nSPS) is 14.3. The molecule has 0 heterocycles. The topological polar surface area (TPSA) is 78.4 Å². The van der Waals surface area contributed by atoms with Crippen LogP contribution in [-0.2, 0) is 10.0 Å². The fourth-order valence-corrected chi connectivity index (χ4v) is 3.39. The first-order chi connectivity index (χ1) is 11.4. The van der Waals surface area contributed by atoms with Crippen LogP contribution in [0.5, 0.6) is 5.75 Å². The summed E-state index contributed by atoms with van der Waals surface area (Å²) in [4.78, 5) is 0.244. The van der Waals surface area contributed by atoms with Gasteiger partial charge in [-0.2, -0.15) is 0 Å². The molecule has 0 aliphatic rings. The molecule has 2 unspecified atom stereocenters. The van der Waals surface area contributed by atoms with Crippen LogP contribution in [-0.4, -0.2) is 20.6 Å². The lowest BCUT2D eigenvalue weighted by atomic mass is 10.0. The number of hydrogen-bond donors (Lipinski definition) is 3. The number of phenolic OH excluding ortho intramolecular Hbond substituents is 1. The van der Waals surface area contributed by atoms with Gasteiger partial charge in [0, 0.05) is 17.6 Å². The number of rotatable bonds is 7. The highest BCUT2D eigenvalue weighted by molar-refractivity contribution is 7.89. The van der Waals surface area contributed by atoms with Crippen molar-refractivity contribution in [3.05, 3.63) is 59.7 Å². The molecule has 5 nitrogen and oxygen atoms in total. The molecule has 2 atom stereocenters. The molecule has 0 fully saturated rings. The van der Waals surface area contributed by atoms with Crippen molar-refractivity contribution in [2.45, 2.75) is 37.2 Å². The van der Waals surface area contributed by atoms with Gasteiger partial charge in [0.2, 0.25) is 10.0 Å². The van der Waals surface area contributed by atoms with Crippen LogP contribution in [0.25, 0.3) is 0 Å². The van der Waals surface area contributed by atoms with Crippen LogP contribution in [0, 0.1) is 0 Å². The maximum Gasteiger partial charge on any atom is 0.240 e. The molecule has 0 aliphatic heterocycles. The van der Waals surface area contributed by atoms with Crippen molar-refractivity contribution in [1.82, 2.24) is 10.0 Å². The summed E-state index contributed by atoms with van der Waals surface area (Å²) in [5.74, 6) is 0.277. The lowest BCUT2D eigenvalue weighted by molar-refractivity contribution is 0.419. The number of aromatic hydroxyl groups is 1. The average Bonchev–Trinajstić information content (AvgIpc) is 2.60. The first-order valence-corrected chi connectivity index (χ1v) is 9.44. The van der Waals surface area contributed by atoms with E-state index in [1.54, 1.807) is 36.4 Å². The second-order valence-electron chi connectivity index (χ2n) is 5.68. The molecule has 2 aromatic carbocycles. The Morgan fingerprint density at radius 3 is 2.25 bits per heavy atom. The van der Waals surface area contributed by atoms with Crippen LogP contribution >= 0.6 is 0 Å². The predicted molar refractivity (Wildman–Crippen MR) is 95.4 cm³/mol. The van der Waals surface area contributed by atoms with E-state index in [0.717, 1.165) is 17.5 Å². The van der Waals surface area contributed by atoms with Gasteiger partial charge in [0.1, 0.15) is 5.75 Å². The Morgan fingerprint density at radius 1 is 1.08 bits per heavy atom. The zero-order valence-electron chi connectivity index (χ0n) is 14.2. The van der Waals surface area contributed by atoms with E-state index in [0.29, 0.717) is 0 Å². The van der Waals surface area contributed by atoms with Gasteiger partial charge in [-0.3, -0.25) is 0 Å². The first-order valence-electron chi connectivity index (χ1n) is 7.96. The van der Waals surface area contributed by atoms with E-state index in [1.165, 1.54) is 7.05 Å². The number of nitrogens with one attached hydrogen (secondary N) is 2. The third kappa shape index (κ3) is 4.14. The van der Waals surface area contributed by atoms with E-state index in [9.17, 15) is 13.5 Å². The number of phenols is 1. The average molecular weight is 348 g/mol. The zero-order valence-corrected chi connectivity index (χ0v) is 15.0. The Morgan fingerprint density at radius 2 is 1.71 bits per heavy atom. The van der Waals surface area contributed by atoms with E-state index < -0.39 is 10.0 Å². The van der Waals surface area contributed by atoms with E-state index in [1.807, 2.05) is 19.1 Å². The molecule has 0 amide bonds. The Kier molecular flexibility index (Phi) is 5.99. The molecule has 3 N–H and O–H groups in total. The van der Waals surface area contributed by atoms with E-state index >= 15 is 0 Å². The molecule has 6 heteroatoms. The summed E-state index contributed by atoms with van der Waals surface area (Å²) in [5, 5.41) is 13.5. The molecular formula is C18H24N2O3S. The predicted octanol–water partition coefficient (Wildman–Crippen LogP) is 3.10.